The van der Waals surface area contributed by atoms with Crippen LogP contribution in [0.5, 0.6) is 0 Å². The normalized spacial score (nSPS) is 33.9. The molecule has 2 aliphatic carbocycles. The minimum atomic E-state index is 0.288. The predicted molar refractivity (Wildman–Crippen MR) is 61.5 cm³/mol. The summed E-state index contributed by atoms with van der Waals surface area (Å²) in [5, 5.41) is 0. The highest BCUT2D eigenvalue weighted by Gasteiger charge is 2.30. The largest absolute Gasteiger partial charge is 0.328 e. The average molecular weight is 209 g/mol. The molecule has 0 aromatic rings. The minimum Gasteiger partial charge on any atom is -0.328 e. The van der Waals surface area contributed by atoms with Crippen LogP contribution in [0.1, 0.15) is 57.8 Å². The molecule has 2 fully saturated rings. The summed E-state index contributed by atoms with van der Waals surface area (Å²) >= 11 is 0. The number of carbonyl (C=O) groups is 1. The molecule has 2 heteroatoms. The van der Waals surface area contributed by atoms with Crippen LogP contribution in [0.4, 0.5) is 0 Å². The number of hydrogen-bond acceptors (Lipinski definition) is 2. The maximum Gasteiger partial charge on any atom is 0.139 e. The zero-order chi connectivity index (χ0) is 10.7. The first-order chi connectivity index (χ1) is 7.27. The molecule has 2 unspecified atom stereocenters. The van der Waals surface area contributed by atoms with Crippen LogP contribution in [0.25, 0.3) is 0 Å². The lowest BCUT2D eigenvalue weighted by molar-refractivity contribution is -0.128. The van der Waals surface area contributed by atoms with Gasteiger partial charge in [-0.15, -0.1) is 0 Å². The van der Waals surface area contributed by atoms with Crippen LogP contribution in [0.15, 0.2) is 0 Å². The lowest BCUT2D eigenvalue weighted by Crippen LogP contribution is -2.34. The fourth-order valence-electron chi connectivity index (χ4n) is 3.21. The molecule has 2 atom stereocenters. The standard InChI is InChI=1S/C13H23NO/c14-12-8-4-7-11(9-12)13(15)10-5-2-1-3-6-10/h10-12H,1-9,14H2. The van der Waals surface area contributed by atoms with E-state index < -0.39 is 0 Å². The fourth-order valence-corrected chi connectivity index (χ4v) is 3.21. The van der Waals surface area contributed by atoms with Gasteiger partial charge < -0.3 is 5.73 Å². The summed E-state index contributed by atoms with van der Waals surface area (Å²) in [6.07, 6.45) is 10.5. The molecular formula is C13H23NO. The summed E-state index contributed by atoms with van der Waals surface area (Å²) in [6.45, 7) is 0. The molecule has 2 rings (SSSR count). The Hall–Kier alpha value is -0.370. The monoisotopic (exact) mass is 209 g/mol. The van der Waals surface area contributed by atoms with Crippen molar-refractivity contribution in [1.82, 2.24) is 0 Å². The first-order valence-corrected chi connectivity index (χ1v) is 6.56. The van der Waals surface area contributed by atoms with E-state index in [0.29, 0.717) is 17.6 Å². The van der Waals surface area contributed by atoms with Gasteiger partial charge in [0, 0.05) is 17.9 Å². The molecule has 0 aliphatic heterocycles. The summed E-state index contributed by atoms with van der Waals surface area (Å²) < 4.78 is 0. The maximum atomic E-state index is 12.2. The van der Waals surface area contributed by atoms with E-state index in [9.17, 15) is 4.79 Å². The van der Waals surface area contributed by atoms with Gasteiger partial charge in [-0.2, -0.15) is 0 Å². The van der Waals surface area contributed by atoms with Crippen molar-refractivity contribution in [2.24, 2.45) is 17.6 Å². The van der Waals surface area contributed by atoms with Crippen molar-refractivity contribution < 1.29 is 4.79 Å². The molecule has 0 saturated heterocycles. The van der Waals surface area contributed by atoms with Gasteiger partial charge >= 0.3 is 0 Å². The Morgan fingerprint density at radius 3 is 2.20 bits per heavy atom. The zero-order valence-corrected chi connectivity index (χ0v) is 9.58. The van der Waals surface area contributed by atoms with E-state index >= 15 is 0 Å². The van der Waals surface area contributed by atoms with Crippen LogP contribution >= 0.6 is 0 Å². The molecule has 0 aromatic carbocycles. The SMILES string of the molecule is NC1CCCC(C(=O)C2CCCCC2)C1. The van der Waals surface area contributed by atoms with E-state index in [2.05, 4.69) is 0 Å². The fraction of sp³-hybridized carbons (Fsp3) is 0.923. The minimum absolute atomic E-state index is 0.288. The highest BCUT2D eigenvalue weighted by atomic mass is 16.1. The Labute approximate surface area is 92.6 Å². The van der Waals surface area contributed by atoms with E-state index in [1.165, 1.54) is 19.3 Å². The van der Waals surface area contributed by atoms with Crippen molar-refractivity contribution in [3.63, 3.8) is 0 Å². The molecule has 2 aliphatic rings. The van der Waals surface area contributed by atoms with Crippen molar-refractivity contribution in [1.29, 1.82) is 0 Å². The Balaban J connectivity index is 1.88. The molecule has 0 aromatic heterocycles. The zero-order valence-electron chi connectivity index (χ0n) is 9.58. The van der Waals surface area contributed by atoms with Crippen molar-refractivity contribution >= 4 is 5.78 Å². The number of nitrogens with two attached hydrogens (primary N) is 1. The Bertz CT molecular complexity index is 221. The third-order valence-corrected chi connectivity index (χ3v) is 4.12. The van der Waals surface area contributed by atoms with Gasteiger partial charge in [-0.3, -0.25) is 4.79 Å². The van der Waals surface area contributed by atoms with Gasteiger partial charge in [0.15, 0.2) is 0 Å². The van der Waals surface area contributed by atoms with Crippen molar-refractivity contribution in [3.8, 4) is 0 Å². The molecule has 86 valence electrons. The first-order valence-electron chi connectivity index (χ1n) is 6.56. The Morgan fingerprint density at radius 1 is 0.867 bits per heavy atom. The Morgan fingerprint density at radius 2 is 1.53 bits per heavy atom. The van der Waals surface area contributed by atoms with E-state index in [1.807, 2.05) is 0 Å². The molecule has 15 heavy (non-hydrogen) atoms. The van der Waals surface area contributed by atoms with Crippen molar-refractivity contribution in [2.75, 3.05) is 0 Å². The predicted octanol–water partition coefficient (Wildman–Crippen LogP) is 2.65. The number of carbonyl (C=O) groups excluding carboxylic acids is 1. The molecule has 0 amide bonds. The quantitative estimate of drug-likeness (QED) is 0.759. The van der Waals surface area contributed by atoms with Gasteiger partial charge in [0.05, 0.1) is 0 Å². The molecule has 0 bridgehead atoms. The van der Waals surface area contributed by atoms with Crippen LogP contribution in [0.3, 0.4) is 0 Å². The molecule has 0 spiro atoms. The van der Waals surface area contributed by atoms with Gasteiger partial charge in [-0.05, 0) is 32.1 Å². The lowest BCUT2D eigenvalue weighted by atomic mass is 9.75. The summed E-state index contributed by atoms with van der Waals surface area (Å²) in [4.78, 5) is 12.2. The summed E-state index contributed by atoms with van der Waals surface area (Å²) in [6, 6.07) is 0.288. The van der Waals surface area contributed by atoms with E-state index in [4.69, 9.17) is 5.73 Å². The van der Waals surface area contributed by atoms with Gasteiger partial charge in [-0.25, -0.2) is 0 Å². The second-order valence-corrected chi connectivity index (χ2v) is 5.36. The van der Waals surface area contributed by atoms with E-state index in [1.54, 1.807) is 0 Å². The molecule has 0 heterocycles. The van der Waals surface area contributed by atoms with Crippen molar-refractivity contribution in [2.45, 2.75) is 63.8 Å². The highest BCUT2D eigenvalue weighted by molar-refractivity contribution is 5.83. The number of rotatable bonds is 2. The number of ketones is 1. The van der Waals surface area contributed by atoms with E-state index in [0.717, 1.165) is 38.5 Å². The average Bonchev–Trinajstić information content (AvgIpc) is 2.29. The van der Waals surface area contributed by atoms with E-state index in [-0.39, 0.29) is 6.04 Å². The molecule has 2 saturated carbocycles. The smallest absolute Gasteiger partial charge is 0.139 e. The van der Waals surface area contributed by atoms with Crippen molar-refractivity contribution in [3.05, 3.63) is 0 Å². The third-order valence-electron chi connectivity index (χ3n) is 4.12. The lowest BCUT2D eigenvalue weighted by Gasteiger charge is -2.30. The molecular weight excluding hydrogens is 186 g/mol. The van der Waals surface area contributed by atoms with Crippen LogP contribution < -0.4 is 5.73 Å². The summed E-state index contributed by atoms with van der Waals surface area (Å²) in [5.74, 6) is 1.23. The number of Topliss-reactive ketones (excluding diaryl/α,β-unsaturated/α-hetero) is 1. The summed E-state index contributed by atoms with van der Waals surface area (Å²) in [5.41, 5.74) is 5.94. The van der Waals surface area contributed by atoms with Gasteiger partial charge in [0.1, 0.15) is 5.78 Å². The molecule has 2 nitrogen and oxygen atoms in total. The maximum absolute atomic E-state index is 12.2. The number of hydrogen-bond donors (Lipinski definition) is 1. The molecule has 0 radical (unpaired) electrons. The topological polar surface area (TPSA) is 43.1 Å². The highest BCUT2D eigenvalue weighted by Crippen LogP contribution is 2.32. The summed E-state index contributed by atoms with van der Waals surface area (Å²) in [7, 11) is 0. The van der Waals surface area contributed by atoms with Crippen LogP contribution in [-0.4, -0.2) is 11.8 Å². The van der Waals surface area contributed by atoms with Crippen LogP contribution in [-0.2, 0) is 4.79 Å². The van der Waals surface area contributed by atoms with Gasteiger partial charge in [0.2, 0.25) is 0 Å². The second kappa shape index (κ2) is 5.11. The second-order valence-electron chi connectivity index (χ2n) is 5.36. The molecule has 2 N–H and O–H groups in total. The van der Waals surface area contributed by atoms with Crippen LogP contribution in [0.2, 0.25) is 0 Å². The first kappa shape index (κ1) is 11.1. The third kappa shape index (κ3) is 2.81. The van der Waals surface area contributed by atoms with Gasteiger partial charge in [-0.1, -0.05) is 25.7 Å². The Kier molecular flexibility index (Phi) is 3.79. The van der Waals surface area contributed by atoms with Crippen LogP contribution in [0, 0.1) is 11.8 Å². The van der Waals surface area contributed by atoms with Gasteiger partial charge in [0.25, 0.3) is 0 Å².